The van der Waals surface area contributed by atoms with Crippen LogP contribution in [-0.4, -0.2) is 25.9 Å². The van der Waals surface area contributed by atoms with E-state index >= 15 is 0 Å². The Morgan fingerprint density at radius 2 is 1.83 bits per heavy atom. The first-order valence-electron chi connectivity index (χ1n) is 10.3. The minimum Gasteiger partial charge on any atom is -0.351 e. The summed E-state index contributed by atoms with van der Waals surface area (Å²) >= 11 is 7.91. The quantitative estimate of drug-likeness (QED) is 0.492. The highest BCUT2D eigenvalue weighted by Gasteiger charge is 2.27. The van der Waals surface area contributed by atoms with Gasteiger partial charge in [0, 0.05) is 18.2 Å². The fraction of sp³-hybridized carbons (Fsp3) is 0.348. The second-order valence-electron chi connectivity index (χ2n) is 7.56. The van der Waals surface area contributed by atoms with Crippen molar-refractivity contribution in [1.82, 2.24) is 20.1 Å². The third kappa shape index (κ3) is 4.71. The maximum absolute atomic E-state index is 12.7. The van der Waals surface area contributed by atoms with Gasteiger partial charge in [-0.15, -0.1) is 10.2 Å². The predicted molar refractivity (Wildman–Crippen MR) is 122 cm³/mol. The molecule has 1 amide bonds. The van der Waals surface area contributed by atoms with Gasteiger partial charge in [0.1, 0.15) is 0 Å². The first-order chi connectivity index (χ1) is 14.6. The van der Waals surface area contributed by atoms with E-state index in [2.05, 4.69) is 20.1 Å². The lowest BCUT2D eigenvalue weighted by molar-refractivity contribution is -0.120. The second kappa shape index (κ2) is 9.67. The lowest BCUT2D eigenvalue weighted by atomic mass is 10.2. The molecule has 1 aliphatic rings. The lowest BCUT2D eigenvalue weighted by Gasteiger charge is -2.19. The minimum absolute atomic E-state index is 0.0101. The first-order valence-corrected chi connectivity index (χ1v) is 11.6. The summed E-state index contributed by atoms with van der Waals surface area (Å²) in [5.74, 6) is 0.774. The van der Waals surface area contributed by atoms with E-state index in [-0.39, 0.29) is 11.2 Å². The van der Waals surface area contributed by atoms with Gasteiger partial charge in [0.15, 0.2) is 11.0 Å². The molecule has 3 aromatic rings. The Bertz CT molecular complexity index is 1000. The molecular weight excluding hydrogens is 416 g/mol. The Balaban J connectivity index is 1.53. The number of carbonyl (C=O) groups is 1. The highest BCUT2D eigenvalue weighted by molar-refractivity contribution is 8.00. The van der Waals surface area contributed by atoms with Crippen LogP contribution in [0.15, 0.2) is 59.8 Å². The molecule has 5 nitrogen and oxygen atoms in total. The summed E-state index contributed by atoms with van der Waals surface area (Å²) in [5, 5.41) is 13.1. The third-order valence-electron chi connectivity index (χ3n) is 5.43. The van der Waals surface area contributed by atoms with E-state index < -0.39 is 0 Å². The lowest BCUT2D eigenvalue weighted by Crippen LogP contribution is -2.30. The van der Waals surface area contributed by atoms with Gasteiger partial charge in [-0.25, -0.2) is 0 Å². The Labute approximate surface area is 186 Å². The van der Waals surface area contributed by atoms with Crippen molar-refractivity contribution in [2.45, 2.75) is 55.6 Å². The maximum atomic E-state index is 12.7. The van der Waals surface area contributed by atoms with Gasteiger partial charge in [0.05, 0.1) is 10.3 Å². The second-order valence-corrected chi connectivity index (χ2v) is 9.27. The summed E-state index contributed by atoms with van der Waals surface area (Å²) in [5.41, 5.74) is 1.96. The zero-order valence-corrected chi connectivity index (χ0v) is 18.5. The monoisotopic (exact) mass is 440 g/mol. The molecule has 1 aliphatic carbocycles. The largest absolute Gasteiger partial charge is 0.351 e. The minimum atomic E-state index is -0.280. The van der Waals surface area contributed by atoms with Crippen LogP contribution in [-0.2, 0) is 11.3 Å². The van der Waals surface area contributed by atoms with Crippen LogP contribution in [0.5, 0.6) is 0 Å². The molecule has 0 spiro atoms. The standard InChI is InChI=1S/C23H25ClN4OS/c1-16(22(29)25-15-17-9-3-2-4-10-17)30-23-27-26-21(19-13-7-8-14-20(19)24)28(23)18-11-5-6-12-18/h2-4,7-10,13-14,16,18H,5-6,11-12,15H2,1H3,(H,25,29). The number of halogens is 1. The number of rotatable bonds is 7. The summed E-state index contributed by atoms with van der Waals surface area (Å²) in [6.07, 6.45) is 4.58. The van der Waals surface area contributed by atoms with Crippen LogP contribution in [0, 0.1) is 0 Å². The molecule has 4 rings (SSSR count). The maximum Gasteiger partial charge on any atom is 0.233 e. The van der Waals surface area contributed by atoms with Crippen LogP contribution in [0.25, 0.3) is 11.4 Å². The molecule has 2 aromatic carbocycles. The molecule has 156 valence electrons. The van der Waals surface area contributed by atoms with Gasteiger partial charge in [-0.05, 0) is 37.5 Å². The molecule has 1 aromatic heterocycles. The van der Waals surface area contributed by atoms with E-state index in [0.717, 1.165) is 34.9 Å². The van der Waals surface area contributed by atoms with Crippen LogP contribution in [0.3, 0.4) is 0 Å². The summed E-state index contributed by atoms with van der Waals surface area (Å²) in [4.78, 5) is 12.7. The predicted octanol–water partition coefficient (Wildman–Crippen LogP) is 5.51. The van der Waals surface area contributed by atoms with Crippen LogP contribution in [0.1, 0.15) is 44.2 Å². The average molecular weight is 441 g/mol. The van der Waals surface area contributed by atoms with Gasteiger partial charge in [0.2, 0.25) is 5.91 Å². The SMILES string of the molecule is CC(Sc1nnc(-c2ccccc2Cl)n1C1CCCC1)C(=O)NCc1ccccc1. The fourth-order valence-electron chi connectivity index (χ4n) is 3.82. The van der Waals surface area contributed by atoms with Crippen molar-refractivity contribution in [1.29, 1.82) is 0 Å². The zero-order valence-electron chi connectivity index (χ0n) is 16.9. The van der Waals surface area contributed by atoms with Crippen molar-refractivity contribution in [2.75, 3.05) is 0 Å². The molecule has 1 unspecified atom stereocenters. The van der Waals surface area contributed by atoms with Crippen molar-refractivity contribution in [3.63, 3.8) is 0 Å². The van der Waals surface area contributed by atoms with Crippen molar-refractivity contribution < 1.29 is 4.79 Å². The molecule has 0 aliphatic heterocycles. The summed E-state index contributed by atoms with van der Waals surface area (Å²) < 4.78 is 2.19. The average Bonchev–Trinajstić information content (AvgIpc) is 3.43. The smallest absolute Gasteiger partial charge is 0.233 e. The molecule has 1 fully saturated rings. The van der Waals surface area contributed by atoms with Gasteiger partial charge < -0.3 is 5.32 Å². The fourth-order valence-corrected chi connectivity index (χ4v) is 4.98. The van der Waals surface area contributed by atoms with Crippen LogP contribution >= 0.6 is 23.4 Å². The number of amides is 1. The van der Waals surface area contributed by atoms with Crippen LogP contribution in [0.2, 0.25) is 5.02 Å². The van der Waals surface area contributed by atoms with Gasteiger partial charge >= 0.3 is 0 Å². The summed E-state index contributed by atoms with van der Waals surface area (Å²) in [6, 6.07) is 18.0. The van der Waals surface area contributed by atoms with Crippen LogP contribution < -0.4 is 5.32 Å². The number of nitrogens with one attached hydrogen (secondary N) is 1. The molecule has 1 atom stereocenters. The highest BCUT2D eigenvalue weighted by Crippen LogP contribution is 2.38. The van der Waals surface area contributed by atoms with Gasteiger partial charge in [-0.2, -0.15) is 0 Å². The molecule has 7 heteroatoms. The Hall–Kier alpha value is -2.31. The number of aromatic nitrogens is 3. The first kappa shape index (κ1) is 20.9. The van der Waals surface area contributed by atoms with E-state index in [9.17, 15) is 4.79 Å². The van der Waals surface area contributed by atoms with E-state index in [1.54, 1.807) is 0 Å². The van der Waals surface area contributed by atoms with E-state index in [0.29, 0.717) is 17.6 Å². The number of benzene rings is 2. The molecule has 0 radical (unpaired) electrons. The van der Waals surface area contributed by atoms with Crippen molar-refractivity contribution in [2.24, 2.45) is 0 Å². The number of carbonyl (C=O) groups excluding carboxylic acids is 1. The highest BCUT2D eigenvalue weighted by atomic mass is 35.5. The summed E-state index contributed by atoms with van der Waals surface area (Å²) in [7, 11) is 0. The van der Waals surface area contributed by atoms with Crippen molar-refractivity contribution in [3.8, 4) is 11.4 Å². The van der Waals surface area contributed by atoms with E-state index in [4.69, 9.17) is 11.6 Å². The van der Waals surface area contributed by atoms with Gasteiger partial charge in [-0.1, -0.05) is 78.7 Å². The molecule has 30 heavy (non-hydrogen) atoms. The zero-order chi connectivity index (χ0) is 20.9. The topological polar surface area (TPSA) is 59.8 Å². The Morgan fingerprint density at radius 1 is 1.13 bits per heavy atom. The Morgan fingerprint density at radius 3 is 2.57 bits per heavy atom. The van der Waals surface area contributed by atoms with E-state index in [1.165, 1.54) is 24.6 Å². The number of hydrogen-bond donors (Lipinski definition) is 1. The van der Waals surface area contributed by atoms with E-state index in [1.807, 2.05) is 61.5 Å². The molecule has 1 heterocycles. The van der Waals surface area contributed by atoms with Crippen molar-refractivity contribution in [3.05, 3.63) is 65.2 Å². The molecule has 1 N–H and O–H groups in total. The molecule has 1 saturated carbocycles. The Kier molecular flexibility index (Phi) is 6.75. The molecular formula is C23H25ClN4OS. The van der Waals surface area contributed by atoms with Gasteiger partial charge in [0.25, 0.3) is 0 Å². The summed E-state index contributed by atoms with van der Waals surface area (Å²) in [6.45, 7) is 2.43. The number of thioether (sulfide) groups is 1. The molecule has 0 bridgehead atoms. The van der Waals surface area contributed by atoms with Gasteiger partial charge in [-0.3, -0.25) is 9.36 Å². The normalized spacial score (nSPS) is 15.3. The molecule has 0 saturated heterocycles. The number of hydrogen-bond acceptors (Lipinski definition) is 4. The third-order valence-corrected chi connectivity index (χ3v) is 6.82. The van der Waals surface area contributed by atoms with Crippen LogP contribution in [0.4, 0.5) is 0 Å². The van der Waals surface area contributed by atoms with Crippen molar-refractivity contribution >= 4 is 29.3 Å². The number of nitrogens with zero attached hydrogens (tertiary/aromatic N) is 3.